The van der Waals surface area contributed by atoms with Gasteiger partial charge in [0.15, 0.2) is 0 Å². The quantitative estimate of drug-likeness (QED) is 0.688. The highest BCUT2D eigenvalue weighted by Crippen LogP contribution is 2.16. The van der Waals surface area contributed by atoms with Crippen molar-refractivity contribution in [1.29, 1.82) is 0 Å². The number of carbonyl (C=O) groups excluding carboxylic acids is 1. The Bertz CT molecular complexity index is 285. The highest BCUT2D eigenvalue weighted by Gasteiger charge is 2.12. The predicted octanol–water partition coefficient (Wildman–Crippen LogP) is 2.14. The van der Waals surface area contributed by atoms with Gasteiger partial charge in [-0.3, -0.25) is 9.78 Å². The largest absolute Gasteiger partial charge is 0.466 e. The number of ether oxygens (including phenoxy) is 1. The van der Waals surface area contributed by atoms with Crippen LogP contribution in [0.5, 0.6) is 0 Å². The van der Waals surface area contributed by atoms with Gasteiger partial charge in [0.05, 0.1) is 13.0 Å². The van der Waals surface area contributed by atoms with Gasteiger partial charge in [0.1, 0.15) is 0 Å². The smallest absolute Gasteiger partial charge is 0.306 e. The molecule has 0 saturated carbocycles. The standard InChI is InChI=1S/C11H15NO2/c1-3-14-11(13)8-9(2)10-6-4-5-7-12-10/h4-7,9H,3,8H2,1-2H3. The Kier molecular flexibility index (Phi) is 4.11. The number of hydrogen-bond acceptors (Lipinski definition) is 3. The SMILES string of the molecule is CCOC(=O)CC(C)c1ccccn1. The predicted molar refractivity (Wildman–Crippen MR) is 53.9 cm³/mol. The van der Waals surface area contributed by atoms with Crippen molar-refractivity contribution in [2.75, 3.05) is 6.61 Å². The molecule has 0 N–H and O–H groups in total. The second-order valence-electron chi connectivity index (χ2n) is 3.16. The van der Waals surface area contributed by atoms with Crippen LogP contribution in [-0.4, -0.2) is 17.6 Å². The van der Waals surface area contributed by atoms with E-state index in [0.717, 1.165) is 5.69 Å². The first-order valence-electron chi connectivity index (χ1n) is 4.80. The van der Waals surface area contributed by atoms with Gasteiger partial charge in [0.25, 0.3) is 0 Å². The molecule has 0 aliphatic rings. The van der Waals surface area contributed by atoms with E-state index >= 15 is 0 Å². The van der Waals surface area contributed by atoms with Gasteiger partial charge in [-0.05, 0) is 19.1 Å². The minimum atomic E-state index is -0.161. The fraction of sp³-hybridized carbons (Fsp3) is 0.455. The van der Waals surface area contributed by atoms with E-state index in [1.165, 1.54) is 0 Å². The zero-order valence-corrected chi connectivity index (χ0v) is 8.56. The Labute approximate surface area is 84.1 Å². The molecule has 3 heteroatoms. The number of carbonyl (C=O) groups is 1. The lowest BCUT2D eigenvalue weighted by atomic mass is 10.0. The third kappa shape index (κ3) is 3.17. The fourth-order valence-electron chi connectivity index (χ4n) is 1.24. The second kappa shape index (κ2) is 5.37. The Morgan fingerprint density at radius 2 is 2.36 bits per heavy atom. The third-order valence-corrected chi connectivity index (χ3v) is 1.97. The lowest BCUT2D eigenvalue weighted by Crippen LogP contribution is -2.09. The van der Waals surface area contributed by atoms with E-state index in [0.29, 0.717) is 13.0 Å². The molecule has 1 rings (SSSR count). The maximum Gasteiger partial charge on any atom is 0.306 e. The van der Waals surface area contributed by atoms with E-state index < -0.39 is 0 Å². The van der Waals surface area contributed by atoms with E-state index in [1.807, 2.05) is 32.0 Å². The molecule has 0 amide bonds. The topological polar surface area (TPSA) is 39.2 Å². The minimum Gasteiger partial charge on any atom is -0.466 e. The van der Waals surface area contributed by atoms with Crippen molar-refractivity contribution in [3.8, 4) is 0 Å². The summed E-state index contributed by atoms with van der Waals surface area (Å²) < 4.78 is 4.87. The van der Waals surface area contributed by atoms with Crippen LogP contribution in [0.25, 0.3) is 0 Å². The maximum atomic E-state index is 11.2. The summed E-state index contributed by atoms with van der Waals surface area (Å²) in [4.78, 5) is 15.4. The van der Waals surface area contributed by atoms with Crippen molar-refractivity contribution in [1.82, 2.24) is 4.98 Å². The summed E-state index contributed by atoms with van der Waals surface area (Å²) in [6.45, 7) is 4.22. The van der Waals surface area contributed by atoms with Crippen LogP contribution in [0, 0.1) is 0 Å². The monoisotopic (exact) mass is 193 g/mol. The lowest BCUT2D eigenvalue weighted by molar-refractivity contribution is -0.143. The van der Waals surface area contributed by atoms with Crippen LogP contribution in [0.15, 0.2) is 24.4 Å². The molecule has 0 radical (unpaired) electrons. The summed E-state index contributed by atoms with van der Waals surface area (Å²) in [5, 5.41) is 0. The van der Waals surface area contributed by atoms with Crippen molar-refractivity contribution >= 4 is 5.97 Å². The number of aromatic nitrogens is 1. The molecule has 0 aliphatic carbocycles. The molecule has 14 heavy (non-hydrogen) atoms. The van der Waals surface area contributed by atoms with Crippen LogP contribution >= 0.6 is 0 Å². The summed E-state index contributed by atoms with van der Waals surface area (Å²) in [6.07, 6.45) is 2.13. The number of nitrogens with zero attached hydrogens (tertiary/aromatic N) is 1. The van der Waals surface area contributed by atoms with Gasteiger partial charge in [-0.25, -0.2) is 0 Å². The number of pyridine rings is 1. The molecule has 3 nitrogen and oxygen atoms in total. The van der Waals surface area contributed by atoms with Crippen molar-refractivity contribution in [2.24, 2.45) is 0 Å². The average molecular weight is 193 g/mol. The Morgan fingerprint density at radius 1 is 1.57 bits per heavy atom. The first-order chi connectivity index (χ1) is 6.74. The summed E-state index contributed by atoms with van der Waals surface area (Å²) in [7, 11) is 0. The van der Waals surface area contributed by atoms with Crippen molar-refractivity contribution in [3.63, 3.8) is 0 Å². The molecular formula is C11H15NO2. The summed E-state index contributed by atoms with van der Waals surface area (Å²) in [5.74, 6) is -0.0408. The number of rotatable bonds is 4. The van der Waals surface area contributed by atoms with Crippen LogP contribution in [0.2, 0.25) is 0 Å². The van der Waals surface area contributed by atoms with Crippen LogP contribution < -0.4 is 0 Å². The molecule has 0 aromatic carbocycles. The molecule has 1 heterocycles. The molecule has 1 aromatic heterocycles. The molecule has 0 fully saturated rings. The molecular weight excluding hydrogens is 178 g/mol. The van der Waals surface area contributed by atoms with Gasteiger partial charge >= 0.3 is 5.97 Å². The van der Waals surface area contributed by atoms with Gasteiger partial charge in [0, 0.05) is 17.8 Å². The first kappa shape index (κ1) is 10.7. The molecule has 0 bridgehead atoms. The van der Waals surface area contributed by atoms with Gasteiger partial charge in [-0.2, -0.15) is 0 Å². The molecule has 76 valence electrons. The number of hydrogen-bond donors (Lipinski definition) is 0. The van der Waals surface area contributed by atoms with Gasteiger partial charge in [0.2, 0.25) is 0 Å². The third-order valence-electron chi connectivity index (χ3n) is 1.97. The molecule has 0 aliphatic heterocycles. The van der Waals surface area contributed by atoms with Crippen LogP contribution in [-0.2, 0) is 9.53 Å². The number of esters is 1. The highest BCUT2D eigenvalue weighted by atomic mass is 16.5. The van der Waals surface area contributed by atoms with Crippen molar-refractivity contribution in [2.45, 2.75) is 26.2 Å². The van der Waals surface area contributed by atoms with Crippen LogP contribution in [0.4, 0.5) is 0 Å². The van der Waals surface area contributed by atoms with Crippen molar-refractivity contribution < 1.29 is 9.53 Å². The Morgan fingerprint density at radius 3 is 2.93 bits per heavy atom. The summed E-state index contributed by atoms with van der Waals surface area (Å²) >= 11 is 0. The zero-order valence-electron chi connectivity index (χ0n) is 8.56. The van der Waals surface area contributed by atoms with Gasteiger partial charge in [-0.1, -0.05) is 13.0 Å². The Hall–Kier alpha value is -1.38. The molecule has 0 saturated heterocycles. The van der Waals surface area contributed by atoms with E-state index in [4.69, 9.17) is 4.74 Å². The van der Waals surface area contributed by atoms with Crippen LogP contribution in [0.3, 0.4) is 0 Å². The summed E-state index contributed by atoms with van der Waals surface area (Å²) in [5.41, 5.74) is 0.931. The van der Waals surface area contributed by atoms with Gasteiger partial charge < -0.3 is 4.74 Å². The van der Waals surface area contributed by atoms with E-state index in [9.17, 15) is 4.79 Å². The zero-order chi connectivity index (χ0) is 10.4. The summed E-state index contributed by atoms with van der Waals surface area (Å²) in [6, 6.07) is 5.70. The fourth-order valence-corrected chi connectivity index (χ4v) is 1.24. The Balaban J connectivity index is 2.50. The molecule has 0 spiro atoms. The average Bonchev–Trinajstić information content (AvgIpc) is 2.19. The highest BCUT2D eigenvalue weighted by molar-refractivity contribution is 5.70. The normalized spacial score (nSPS) is 12.1. The van der Waals surface area contributed by atoms with E-state index in [2.05, 4.69) is 4.98 Å². The minimum absolute atomic E-state index is 0.121. The molecule has 1 unspecified atom stereocenters. The van der Waals surface area contributed by atoms with E-state index in [-0.39, 0.29) is 11.9 Å². The molecule has 1 aromatic rings. The molecule has 1 atom stereocenters. The second-order valence-corrected chi connectivity index (χ2v) is 3.16. The first-order valence-corrected chi connectivity index (χ1v) is 4.80. The maximum absolute atomic E-state index is 11.2. The van der Waals surface area contributed by atoms with Gasteiger partial charge in [-0.15, -0.1) is 0 Å². The van der Waals surface area contributed by atoms with Crippen LogP contribution in [0.1, 0.15) is 31.9 Å². The van der Waals surface area contributed by atoms with E-state index in [1.54, 1.807) is 6.20 Å². The van der Waals surface area contributed by atoms with Crippen molar-refractivity contribution in [3.05, 3.63) is 30.1 Å². The lowest BCUT2D eigenvalue weighted by Gasteiger charge is -2.09.